The van der Waals surface area contributed by atoms with E-state index in [9.17, 15) is 4.79 Å². The number of fused-ring (bicyclic) bond motifs is 1. The van der Waals surface area contributed by atoms with Crippen LogP contribution in [0, 0.1) is 0 Å². The van der Waals surface area contributed by atoms with Crippen LogP contribution in [0.5, 0.6) is 0 Å². The van der Waals surface area contributed by atoms with Gasteiger partial charge >= 0.3 is 0 Å². The smallest absolute Gasteiger partial charge is 0.265 e. The van der Waals surface area contributed by atoms with E-state index in [2.05, 4.69) is 5.32 Å². The molecule has 1 amide bonds. The van der Waals surface area contributed by atoms with E-state index in [1.807, 2.05) is 42.5 Å². The predicted octanol–water partition coefficient (Wildman–Crippen LogP) is 4.81. The number of hydrogen-bond acceptors (Lipinski definition) is 2. The first-order chi connectivity index (χ1) is 9.22. The summed E-state index contributed by atoms with van der Waals surface area (Å²) in [6, 6.07) is 17.3. The average Bonchev–Trinajstić information content (AvgIpc) is 2.85. The van der Waals surface area contributed by atoms with Crippen molar-refractivity contribution in [1.29, 1.82) is 0 Å². The summed E-state index contributed by atoms with van der Waals surface area (Å²) in [5.74, 6) is -0.132. The summed E-state index contributed by atoms with van der Waals surface area (Å²) in [4.78, 5) is 12.6. The Bertz CT molecular complexity index is 750. The van der Waals surface area contributed by atoms with Crippen LogP contribution in [-0.4, -0.2) is 5.91 Å². The molecule has 3 rings (SSSR count). The lowest BCUT2D eigenvalue weighted by atomic mass is 10.1. The molecular weight excluding hydrogens is 278 g/mol. The van der Waals surface area contributed by atoms with E-state index < -0.39 is 0 Å². The third-order valence-corrected chi connectivity index (χ3v) is 4.03. The van der Waals surface area contributed by atoms with Gasteiger partial charge in [-0.25, -0.2) is 0 Å². The van der Waals surface area contributed by atoms with E-state index in [4.69, 9.17) is 11.6 Å². The van der Waals surface area contributed by atoms with Crippen molar-refractivity contribution < 1.29 is 4.79 Å². The minimum absolute atomic E-state index is 0.132. The van der Waals surface area contributed by atoms with Crippen molar-refractivity contribution in [3.8, 4) is 0 Å². The summed E-state index contributed by atoms with van der Waals surface area (Å²) in [6.45, 7) is 0. The van der Waals surface area contributed by atoms with Crippen LogP contribution in [-0.2, 0) is 0 Å². The molecule has 0 aliphatic rings. The molecular formula is C15H10ClNOS. The molecule has 2 nitrogen and oxygen atoms in total. The molecule has 0 radical (unpaired) electrons. The van der Waals surface area contributed by atoms with Crippen LogP contribution < -0.4 is 5.32 Å². The SMILES string of the molecule is O=C(Nc1ccc2ccccc2c1)c1ccc(Cl)s1. The zero-order chi connectivity index (χ0) is 13.2. The average molecular weight is 288 g/mol. The normalized spacial score (nSPS) is 10.6. The highest BCUT2D eigenvalue weighted by Crippen LogP contribution is 2.23. The Balaban J connectivity index is 1.87. The quantitative estimate of drug-likeness (QED) is 0.720. The molecule has 19 heavy (non-hydrogen) atoms. The van der Waals surface area contributed by atoms with Crippen LogP contribution in [0.15, 0.2) is 54.6 Å². The Labute approximate surface area is 119 Å². The van der Waals surface area contributed by atoms with Gasteiger partial charge in [-0.2, -0.15) is 0 Å². The second-order valence-electron chi connectivity index (χ2n) is 4.12. The Kier molecular flexibility index (Phi) is 3.23. The molecule has 0 spiro atoms. The zero-order valence-corrected chi connectivity index (χ0v) is 11.5. The van der Waals surface area contributed by atoms with Crippen LogP contribution in [0.1, 0.15) is 9.67 Å². The summed E-state index contributed by atoms with van der Waals surface area (Å²) >= 11 is 7.10. The largest absolute Gasteiger partial charge is 0.321 e. The molecule has 0 bridgehead atoms. The highest BCUT2D eigenvalue weighted by Gasteiger charge is 2.08. The first kappa shape index (κ1) is 12.2. The molecule has 0 aliphatic heterocycles. The molecule has 4 heteroatoms. The maximum Gasteiger partial charge on any atom is 0.265 e. The summed E-state index contributed by atoms with van der Waals surface area (Å²) < 4.78 is 0.615. The van der Waals surface area contributed by atoms with Crippen LogP contribution >= 0.6 is 22.9 Å². The Hall–Kier alpha value is -1.84. The molecule has 2 aromatic carbocycles. The van der Waals surface area contributed by atoms with Crippen molar-refractivity contribution >= 4 is 45.3 Å². The van der Waals surface area contributed by atoms with Gasteiger partial charge in [0.05, 0.1) is 9.21 Å². The minimum atomic E-state index is -0.132. The van der Waals surface area contributed by atoms with Crippen molar-refractivity contribution in [2.24, 2.45) is 0 Å². The van der Waals surface area contributed by atoms with E-state index in [-0.39, 0.29) is 5.91 Å². The van der Waals surface area contributed by atoms with Crippen molar-refractivity contribution in [2.75, 3.05) is 5.32 Å². The standard InChI is InChI=1S/C15H10ClNOS/c16-14-8-7-13(19-14)15(18)17-12-6-5-10-3-1-2-4-11(10)9-12/h1-9H,(H,17,18). The second kappa shape index (κ2) is 5.03. The van der Waals surface area contributed by atoms with E-state index in [0.29, 0.717) is 9.21 Å². The third-order valence-electron chi connectivity index (χ3n) is 2.80. The summed E-state index contributed by atoms with van der Waals surface area (Å²) in [5.41, 5.74) is 0.785. The number of thiophene rings is 1. The number of amides is 1. The van der Waals surface area contributed by atoms with Crippen LogP contribution in [0.2, 0.25) is 4.34 Å². The highest BCUT2D eigenvalue weighted by molar-refractivity contribution is 7.18. The minimum Gasteiger partial charge on any atom is -0.321 e. The van der Waals surface area contributed by atoms with Gasteiger partial charge in [-0.05, 0) is 35.0 Å². The van der Waals surface area contributed by atoms with Crippen LogP contribution in [0.4, 0.5) is 5.69 Å². The maximum atomic E-state index is 12.0. The summed E-state index contributed by atoms with van der Waals surface area (Å²) in [5, 5.41) is 5.13. The lowest BCUT2D eigenvalue weighted by molar-refractivity contribution is 0.103. The molecule has 1 aromatic heterocycles. The van der Waals surface area contributed by atoms with E-state index in [0.717, 1.165) is 16.5 Å². The Morgan fingerprint density at radius 1 is 1.00 bits per heavy atom. The fourth-order valence-corrected chi connectivity index (χ4v) is 2.83. The van der Waals surface area contributed by atoms with Gasteiger partial charge in [0, 0.05) is 5.69 Å². The summed E-state index contributed by atoms with van der Waals surface area (Å²) in [6.07, 6.45) is 0. The molecule has 1 heterocycles. The Morgan fingerprint density at radius 2 is 1.79 bits per heavy atom. The zero-order valence-electron chi connectivity index (χ0n) is 9.89. The van der Waals surface area contributed by atoms with Crippen molar-refractivity contribution in [1.82, 2.24) is 0 Å². The van der Waals surface area contributed by atoms with Gasteiger partial charge < -0.3 is 5.32 Å². The fraction of sp³-hybridized carbons (Fsp3) is 0. The molecule has 94 valence electrons. The molecule has 0 atom stereocenters. The van der Waals surface area contributed by atoms with Crippen molar-refractivity contribution in [3.05, 3.63) is 63.8 Å². The van der Waals surface area contributed by atoms with Gasteiger partial charge in [0.25, 0.3) is 5.91 Å². The molecule has 0 unspecified atom stereocenters. The number of anilines is 1. The fourth-order valence-electron chi connectivity index (χ4n) is 1.90. The van der Waals surface area contributed by atoms with Crippen molar-refractivity contribution in [2.45, 2.75) is 0 Å². The molecule has 0 saturated heterocycles. The number of halogens is 1. The number of benzene rings is 2. The number of nitrogens with one attached hydrogen (secondary N) is 1. The number of carbonyl (C=O) groups excluding carboxylic acids is 1. The number of carbonyl (C=O) groups is 1. The van der Waals surface area contributed by atoms with Crippen molar-refractivity contribution in [3.63, 3.8) is 0 Å². The second-order valence-corrected chi connectivity index (χ2v) is 5.83. The number of rotatable bonds is 2. The van der Waals surface area contributed by atoms with E-state index >= 15 is 0 Å². The van der Waals surface area contributed by atoms with E-state index in [1.165, 1.54) is 11.3 Å². The van der Waals surface area contributed by atoms with Gasteiger partial charge in [-0.1, -0.05) is 41.9 Å². The third kappa shape index (κ3) is 2.62. The monoisotopic (exact) mass is 287 g/mol. The Morgan fingerprint density at radius 3 is 2.53 bits per heavy atom. The highest BCUT2D eigenvalue weighted by atomic mass is 35.5. The van der Waals surface area contributed by atoms with Crippen LogP contribution in [0.3, 0.4) is 0 Å². The summed E-state index contributed by atoms with van der Waals surface area (Å²) in [7, 11) is 0. The molecule has 0 fully saturated rings. The van der Waals surface area contributed by atoms with Gasteiger partial charge in [0.1, 0.15) is 0 Å². The van der Waals surface area contributed by atoms with Gasteiger partial charge in [0.15, 0.2) is 0 Å². The van der Waals surface area contributed by atoms with Crippen LogP contribution in [0.25, 0.3) is 10.8 Å². The van der Waals surface area contributed by atoms with Gasteiger partial charge in [-0.15, -0.1) is 11.3 Å². The van der Waals surface area contributed by atoms with Gasteiger partial charge in [0.2, 0.25) is 0 Å². The molecule has 0 saturated carbocycles. The van der Waals surface area contributed by atoms with Gasteiger partial charge in [-0.3, -0.25) is 4.79 Å². The lowest BCUT2D eigenvalue weighted by Gasteiger charge is -2.05. The first-order valence-electron chi connectivity index (χ1n) is 5.78. The predicted molar refractivity (Wildman–Crippen MR) is 81.2 cm³/mol. The molecule has 1 N–H and O–H groups in total. The lowest BCUT2D eigenvalue weighted by Crippen LogP contribution is -2.09. The molecule has 0 aliphatic carbocycles. The molecule has 3 aromatic rings. The first-order valence-corrected chi connectivity index (χ1v) is 6.97. The topological polar surface area (TPSA) is 29.1 Å². The maximum absolute atomic E-state index is 12.0. The number of hydrogen-bond donors (Lipinski definition) is 1. The van der Waals surface area contributed by atoms with E-state index in [1.54, 1.807) is 12.1 Å².